The van der Waals surface area contributed by atoms with Crippen LogP contribution in [-0.2, 0) is 27.8 Å². The third-order valence-electron chi connectivity index (χ3n) is 6.21. The quantitative estimate of drug-likeness (QED) is 0.376. The molecule has 1 atom stereocenters. The Morgan fingerprint density at radius 1 is 1.05 bits per heavy atom. The highest BCUT2D eigenvalue weighted by atomic mass is 32.2. The molecule has 3 heterocycles. The number of carbonyl (C=O) groups excluding carboxylic acids is 1. The van der Waals surface area contributed by atoms with Gasteiger partial charge in [0, 0.05) is 53.7 Å². The first-order chi connectivity index (χ1) is 18.1. The van der Waals surface area contributed by atoms with E-state index in [9.17, 15) is 9.00 Å². The number of hydrogen-bond acceptors (Lipinski definition) is 7. The summed E-state index contributed by atoms with van der Waals surface area (Å²) in [5.41, 5.74) is 3.99. The Hall–Kier alpha value is -3.82. The van der Waals surface area contributed by atoms with Crippen molar-refractivity contribution in [1.29, 1.82) is 0 Å². The van der Waals surface area contributed by atoms with E-state index in [0.717, 1.165) is 48.0 Å². The number of morpholine rings is 1. The van der Waals surface area contributed by atoms with Gasteiger partial charge < -0.3 is 19.4 Å². The van der Waals surface area contributed by atoms with Crippen LogP contribution in [0.4, 0.5) is 5.69 Å². The maximum Gasteiger partial charge on any atom is 0.251 e. The van der Waals surface area contributed by atoms with Crippen LogP contribution in [0.15, 0.2) is 82.4 Å². The molecule has 9 heteroatoms. The van der Waals surface area contributed by atoms with Gasteiger partial charge in [-0.2, -0.15) is 0 Å². The Balaban J connectivity index is 1.21. The van der Waals surface area contributed by atoms with Crippen molar-refractivity contribution >= 4 is 22.4 Å². The Morgan fingerprint density at radius 2 is 1.81 bits per heavy atom. The lowest BCUT2D eigenvalue weighted by Crippen LogP contribution is -2.36. The number of nitrogens with one attached hydrogen (secondary N) is 1. The molecule has 2 aromatic carbocycles. The number of carbonyl (C=O) groups is 1. The van der Waals surface area contributed by atoms with Crippen LogP contribution < -0.4 is 10.2 Å². The van der Waals surface area contributed by atoms with Gasteiger partial charge in [-0.15, -0.1) is 0 Å². The second-order valence-electron chi connectivity index (χ2n) is 8.73. The number of aromatic nitrogens is 2. The standard InChI is InChI=1S/C28H28N4O4S/c1-20-26(19-37(34)25-10-8-24(9-11-25)32-13-15-35-16-14-32)31-28(36-20)23-6-4-22(5-7-23)27(33)30-18-21-3-2-12-29-17-21/h2-12,17H,13-16,18-19H2,1H3,(H,30,33). The summed E-state index contributed by atoms with van der Waals surface area (Å²) in [5.74, 6) is 1.16. The molecule has 190 valence electrons. The summed E-state index contributed by atoms with van der Waals surface area (Å²) in [6, 6.07) is 18.7. The molecule has 2 aromatic heterocycles. The molecule has 1 N–H and O–H groups in total. The summed E-state index contributed by atoms with van der Waals surface area (Å²) in [4.78, 5) is 24.1. The van der Waals surface area contributed by atoms with E-state index in [0.29, 0.717) is 29.5 Å². The monoisotopic (exact) mass is 516 g/mol. The van der Waals surface area contributed by atoms with Crippen molar-refractivity contribution in [2.75, 3.05) is 31.2 Å². The number of hydrogen-bond donors (Lipinski definition) is 1. The second-order valence-corrected chi connectivity index (χ2v) is 10.2. The molecular formula is C28H28N4O4S. The van der Waals surface area contributed by atoms with Gasteiger partial charge in [0.25, 0.3) is 5.91 Å². The van der Waals surface area contributed by atoms with E-state index in [2.05, 4.69) is 20.2 Å². The molecule has 8 nitrogen and oxygen atoms in total. The minimum Gasteiger partial charge on any atom is -0.441 e. The molecule has 0 aliphatic carbocycles. The highest BCUT2D eigenvalue weighted by Crippen LogP contribution is 2.25. The van der Waals surface area contributed by atoms with Crippen LogP contribution in [0.25, 0.3) is 11.5 Å². The normalized spacial score (nSPS) is 14.4. The zero-order chi connectivity index (χ0) is 25.6. The number of anilines is 1. The largest absolute Gasteiger partial charge is 0.441 e. The minimum absolute atomic E-state index is 0.172. The fraction of sp³-hybridized carbons (Fsp3) is 0.250. The molecule has 1 fully saturated rings. The average molecular weight is 517 g/mol. The van der Waals surface area contributed by atoms with E-state index in [4.69, 9.17) is 9.15 Å². The Morgan fingerprint density at radius 3 is 2.51 bits per heavy atom. The molecule has 4 aromatic rings. The highest BCUT2D eigenvalue weighted by molar-refractivity contribution is 7.84. The van der Waals surface area contributed by atoms with Crippen molar-refractivity contribution in [3.05, 3.63) is 95.6 Å². The van der Waals surface area contributed by atoms with E-state index >= 15 is 0 Å². The molecule has 0 bridgehead atoms. The average Bonchev–Trinajstić information content (AvgIpc) is 3.32. The summed E-state index contributed by atoms with van der Waals surface area (Å²) >= 11 is 0. The number of oxazole rings is 1. The number of aryl methyl sites for hydroxylation is 1. The van der Waals surface area contributed by atoms with Crippen molar-refractivity contribution < 1.29 is 18.2 Å². The molecule has 0 spiro atoms. The molecule has 0 radical (unpaired) electrons. The molecule has 1 aliphatic heterocycles. The van der Waals surface area contributed by atoms with Gasteiger partial charge >= 0.3 is 0 Å². The second kappa shape index (κ2) is 11.5. The van der Waals surface area contributed by atoms with E-state index in [1.54, 1.807) is 36.7 Å². The summed E-state index contributed by atoms with van der Waals surface area (Å²) in [6.07, 6.45) is 3.42. The van der Waals surface area contributed by atoms with E-state index in [1.807, 2.05) is 43.3 Å². The lowest BCUT2D eigenvalue weighted by molar-refractivity contribution is 0.0951. The molecule has 0 saturated carbocycles. The third-order valence-corrected chi connectivity index (χ3v) is 7.54. The van der Waals surface area contributed by atoms with Gasteiger partial charge in [-0.25, -0.2) is 4.98 Å². The minimum atomic E-state index is -1.25. The molecule has 5 rings (SSSR count). The summed E-state index contributed by atoms with van der Waals surface area (Å²) in [7, 11) is -1.25. The van der Waals surface area contributed by atoms with Gasteiger partial charge in [-0.3, -0.25) is 14.0 Å². The first-order valence-corrected chi connectivity index (χ1v) is 13.4. The number of benzene rings is 2. The van der Waals surface area contributed by atoms with Crippen molar-refractivity contribution in [3.8, 4) is 11.5 Å². The topological polar surface area (TPSA) is 97.6 Å². The number of amides is 1. The third kappa shape index (κ3) is 6.12. The Labute approximate surface area is 218 Å². The van der Waals surface area contributed by atoms with Gasteiger partial charge in [0.05, 0.1) is 35.5 Å². The van der Waals surface area contributed by atoms with Crippen molar-refractivity contribution in [2.45, 2.75) is 24.1 Å². The highest BCUT2D eigenvalue weighted by Gasteiger charge is 2.17. The fourth-order valence-electron chi connectivity index (χ4n) is 4.07. The maximum atomic E-state index is 13.0. The number of ether oxygens (including phenoxy) is 1. The lowest BCUT2D eigenvalue weighted by Gasteiger charge is -2.28. The summed E-state index contributed by atoms with van der Waals surface area (Å²) in [5, 5.41) is 2.89. The maximum absolute atomic E-state index is 13.0. The Bertz CT molecular complexity index is 1370. The Kier molecular flexibility index (Phi) is 7.72. The predicted octanol–water partition coefficient (Wildman–Crippen LogP) is 4.12. The molecule has 1 unspecified atom stereocenters. The van der Waals surface area contributed by atoms with Crippen molar-refractivity contribution in [2.24, 2.45) is 0 Å². The molecule has 1 aliphatic rings. The van der Waals surface area contributed by atoms with Crippen molar-refractivity contribution in [1.82, 2.24) is 15.3 Å². The number of pyridine rings is 1. The zero-order valence-corrected chi connectivity index (χ0v) is 21.4. The zero-order valence-electron chi connectivity index (χ0n) is 20.6. The molecule has 1 amide bonds. The first-order valence-electron chi connectivity index (χ1n) is 12.1. The van der Waals surface area contributed by atoms with Gasteiger partial charge in [0.15, 0.2) is 0 Å². The van der Waals surface area contributed by atoms with Crippen LogP contribution in [0.3, 0.4) is 0 Å². The van der Waals surface area contributed by atoms with Gasteiger partial charge in [0.2, 0.25) is 5.89 Å². The van der Waals surface area contributed by atoms with Crippen LogP contribution in [0.5, 0.6) is 0 Å². The molecular weight excluding hydrogens is 488 g/mol. The van der Waals surface area contributed by atoms with E-state index in [-0.39, 0.29) is 11.7 Å². The summed E-state index contributed by atoms with van der Waals surface area (Å²) in [6.45, 7) is 5.41. The fourth-order valence-corrected chi connectivity index (χ4v) is 5.20. The first kappa shape index (κ1) is 24.9. The summed E-state index contributed by atoms with van der Waals surface area (Å²) < 4.78 is 24.3. The predicted molar refractivity (Wildman–Crippen MR) is 142 cm³/mol. The number of rotatable bonds is 8. The molecule has 37 heavy (non-hydrogen) atoms. The van der Waals surface area contributed by atoms with E-state index in [1.165, 1.54) is 0 Å². The smallest absolute Gasteiger partial charge is 0.251 e. The van der Waals surface area contributed by atoms with Gasteiger partial charge in [-0.05, 0) is 67.1 Å². The van der Waals surface area contributed by atoms with Crippen LogP contribution in [0, 0.1) is 6.92 Å². The number of nitrogens with zero attached hydrogens (tertiary/aromatic N) is 3. The van der Waals surface area contributed by atoms with Crippen LogP contribution in [-0.4, -0.2) is 46.4 Å². The van der Waals surface area contributed by atoms with Crippen molar-refractivity contribution in [3.63, 3.8) is 0 Å². The SMILES string of the molecule is Cc1oc(-c2ccc(C(=O)NCc3cccnc3)cc2)nc1CS(=O)c1ccc(N2CCOCC2)cc1. The van der Waals surface area contributed by atoms with Crippen LogP contribution >= 0.6 is 0 Å². The molecule has 1 saturated heterocycles. The van der Waals surface area contributed by atoms with E-state index < -0.39 is 10.8 Å². The lowest BCUT2D eigenvalue weighted by atomic mass is 10.1. The van der Waals surface area contributed by atoms with Gasteiger partial charge in [0.1, 0.15) is 5.76 Å². The van der Waals surface area contributed by atoms with Crippen LogP contribution in [0.1, 0.15) is 27.4 Å². The van der Waals surface area contributed by atoms with Gasteiger partial charge in [-0.1, -0.05) is 6.07 Å². The van der Waals surface area contributed by atoms with Crippen LogP contribution in [0.2, 0.25) is 0 Å².